The maximum absolute atomic E-state index is 14.0. The fourth-order valence-corrected chi connectivity index (χ4v) is 4.92. The van der Waals surface area contributed by atoms with E-state index in [1.807, 2.05) is 22.7 Å². The van der Waals surface area contributed by atoms with Crippen LogP contribution in [0.25, 0.3) is 27.4 Å². The number of fused-ring (bicyclic) bond motifs is 2. The van der Waals surface area contributed by atoms with Gasteiger partial charge in [-0.2, -0.15) is 0 Å². The van der Waals surface area contributed by atoms with Crippen LogP contribution in [0.1, 0.15) is 37.5 Å². The second-order valence-corrected chi connectivity index (χ2v) is 9.64. The number of imidazole rings is 1. The second-order valence-electron chi connectivity index (χ2n) is 9.64. The standard InChI is InChI=1S/C33H24FN3O3/c34-28-7-3-6-26(16-28)27-17-29(32(38)35-18-21-8-12-24(13-9-21)33(39)40)31-30(36-20-37(31)19-27)15-22-10-11-23-4-1-2-5-25(23)14-22/h1-14,16-17,19-20H,15,18H2,(H,35,38)(H,39,40). The molecule has 6 rings (SSSR count). The molecular formula is C33H24FN3O3. The summed E-state index contributed by atoms with van der Waals surface area (Å²) in [7, 11) is 0. The average molecular weight is 530 g/mol. The Morgan fingerprint density at radius 1 is 0.825 bits per heavy atom. The Balaban J connectivity index is 1.38. The molecule has 2 aromatic heterocycles. The van der Waals surface area contributed by atoms with Crippen LogP contribution in [0.5, 0.6) is 0 Å². The Hall–Kier alpha value is -5.30. The average Bonchev–Trinajstić information content (AvgIpc) is 3.38. The Morgan fingerprint density at radius 2 is 1.60 bits per heavy atom. The largest absolute Gasteiger partial charge is 0.478 e. The van der Waals surface area contributed by atoms with E-state index in [4.69, 9.17) is 5.11 Å². The number of amides is 1. The summed E-state index contributed by atoms with van der Waals surface area (Å²) in [5.74, 6) is -1.69. The normalized spacial score (nSPS) is 11.1. The lowest BCUT2D eigenvalue weighted by Crippen LogP contribution is -2.23. The van der Waals surface area contributed by atoms with Crippen molar-refractivity contribution in [1.29, 1.82) is 0 Å². The number of benzene rings is 4. The molecule has 6 nitrogen and oxygen atoms in total. The van der Waals surface area contributed by atoms with Gasteiger partial charge in [0, 0.05) is 19.2 Å². The van der Waals surface area contributed by atoms with Crippen molar-refractivity contribution >= 4 is 28.2 Å². The summed E-state index contributed by atoms with van der Waals surface area (Å²) in [5.41, 5.74) is 5.17. The highest BCUT2D eigenvalue weighted by Crippen LogP contribution is 2.27. The van der Waals surface area contributed by atoms with Crippen molar-refractivity contribution < 1.29 is 19.1 Å². The minimum atomic E-state index is -1.01. The van der Waals surface area contributed by atoms with Crippen LogP contribution in [-0.4, -0.2) is 26.4 Å². The predicted molar refractivity (Wildman–Crippen MR) is 152 cm³/mol. The molecular weight excluding hydrogens is 505 g/mol. The Labute approximate surface area is 229 Å². The third-order valence-electron chi connectivity index (χ3n) is 6.94. The van der Waals surface area contributed by atoms with E-state index in [2.05, 4.69) is 40.6 Å². The first-order valence-corrected chi connectivity index (χ1v) is 12.8. The van der Waals surface area contributed by atoms with Gasteiger partial charge in [0.1, 0.15) is 5.82 Å². The summed E-state index contributed by atoms with van der Waals surface area (Å²) < 4.78 is 15.8. The molecule has 0 spiro atoms. The van der Waals surface area contributed by atoms with Crippen LogP contribution in [0.15, 0.2) is 110 Å². The zero-order valence-corrected chi connectivity index (χ0v) is 21.3. The zero-order valence-electron chi connectivity index (χ0n) is 21.3. The summed E-state index contributed by atoms with van der Waals surface area (Å²) in [6.07, 6.45) is 4.05. The number of hydrogen-bond donors (Lipinski definition) is 2. The summed E-state index contributed by atoms with van der Waals surface area (Å²) in [5, 5.41) is 14.4. The van der Waals surface area contributed by atoms with Gasteiger partial charge in [-0.15, -0.1) is 0 Å². The van der Waals surface area contributed by atoms with Crippen molar-refractivity contribution in [3.8, 4) is 11.1 Å². The highest BCUT2D eigenvalue weighted by atomic mass is 19.1. The Morgan fingerprint density at radius 3 is 2.38 bits per heavy atom. The van der Waals surface area contributed by atoms with Crippen molar-refractivity contribution in [2.75, 3.05) is 0 Å². The second kappa shape index (κ2) is 10.5. The predicted octanol–water partition coefficient (Wildman–Crippen LogP) is 6.51. The van der Waals surface area contributed by atoms with E-state index in [9.17, 15) is 14.0 Å². The van der Waals surface area contributed by atoms with Crippen molar-refractivity contribution in [1.82, 2.24) is 14.7 Å². The molecule has 6 aromatic rings. The van der Waals surface area contributed by atoms with Gasteiger partial charge in [0.25, 0.3) is 5.91 Å². The number of aromatic nitrogens is 2. The molecule has 0 bridgehead atoms. The smallest absolute Gasteiger partial charge is 0.335 e. The Bertz CT molecular complexity index is 1890. The first-order valence-electron chi connectivity index (χ1n) is 12.8. The molecule has 0 atom stereocenters. The van der Waals surface area contributed by atoms with Crippen molar-refractivity contribution in [3.63, 3.8) is 0 Å². The lowest BCUT2D eigenvalue weighted by molar-refractivity contribution is 0.0696. The minimum absolute atomic E-state index is 0.178. The monoisotopic (exact) mass is 529 g/mol. The molecule has 0 radical (unpaired) electrons. The van der Waals surface area contributed by atoms with E-state index < -0.39 is 5.97 Å². The summed E-state index contributed by atoms with van der Waals surface area (Å²) in [4.78, 5) is 29.4. The van der Waals surface area contributed by atoms with E-state index in [0.717, 1.165) is 27.6 Å². The summed E-state index contributed by atoms with van der Waals surface area (Å²) in [6, 6.07) is 28.8. The van der Waals surface area contributed by atoms with Crippen molar-refractivity contribution in [3.05, 3.63) is 143 Å². The SMILES string of the molecule is O=C(O)c1ccc(CNC(=O)c2cc(-c3cccc(F)c3)cn3cnc(Cc4ccc5ccccc5c4)c23)cc1. The summed E-state index contributed by atoms with van der Waals surface area (Å²) in [6.45, 7) is 0.212. The highest BCUT2D eigenvalue weighted by molar-refractivity contribution is 6.02. The van der Waals surface area contributed by atoms with E-state index in [0.29, 0.717) is 28.6 Å². The maximum atomic E-state index is 14.0. The number of nitrogens with zero attached hydrogens (tertiary/aromatic N) is 2. The molecule has 0 aliphatic heterocycles. The Kier molecular flexibility index (Phi) is 6.54. The van der Waals surface area contributed by atoms with E-state index >= 15 is 0 Å². The first kappa shape index (κ1) is 25.0. The number of carboxylic acids is 1. The highest BCUT2D eigenvalue weighted by Gasteiger charge is 2.18. The lowest BCUT2D eigenvalue weighted by Gasteiger charge is -2.12. The number of aromatic carboxylic acids is 1. The molecule has 196 valence electrons. The van der Waals surface area contributed by atoms with Crippen LogP contribution in [-0.2, 0) is 13.0 Å². The number of hydrogen-bond acceptors (Lipinski definition) is 3. The molecule has 0 fully saturated rings. The van der Waals surface area contributed by atoms with Gasteiger partial charge < -0.3 is 14.8 Å². The lowest BCUT2D eigenvalue weighted by atomic mass is 10.0. The molecule has 0 aliphatic carbocycles. The maximum Gasteiger partial charge on any atom is 0.335 e. The third-order valence-corrected chi connectivity index (χ3v) is 6.94. The van der Waals surface area contributed by atoms with Gasteiger partial charge in [0.05, 0.1) is 28.7 Å². The fraction of sp³-hybridized carbons (Fsp3) is 0.0606. The van der Waals surface area contributed by atoms with Gasteiger partial charge >= 0.3 is 5.97 Å². The number of carbonyl (C=O) groups is 2. The minimum Gasteiger partial charge on any atom is -0.478 e. The van der Waals surface area contributed by atoms with Gasteiger partial charge in [0.2, 0.25) is 0 Å². The number of pyridine rings is 1. The van der Waals surface area contributed by atoms with E-state index in [1.54, 1.807) is 36.7 Å². The molecule has 7 heteroatoms. The molecule has 40 heavy (non-hydrogen) atoms. The van der Waals surface area contributed by atoms with Crippen molar-refractivity contribution in [2.45, 2.75) is 13.0 Å². The fourth-order valence-electron chi connectivity index (χ4n) is 4.92. The number of carbonyl (C=O) groups excluding carboxylic acids is 1. The van der Waals surface area contributed by atoms with Crippen LogP contribution in [0.3, 0.4) is 0 Å². The first-order chi connectivity index (χ1) is 19.4. The molecule has 2 heterocycles. The van der Waals surface area contributed by atoms with Crippen LogP contribution in [0.4, 0.5) is 4.39 Å². The van der Waals surface area contributed by atoms with Crippen LogP contribution in [0.2, 0.25) is 0 Å². The van der Waals surface area contributed by atoms with Crippen LogP contribution in [0, 0.1) is 5.82 Å². The van der Waals surface area contributed by atoms with Gasteiger partial charge in [-0.3, -0.25) is 4.79 Å². The number of rotatable bonds is 7. The molecule has 1 amide bonds. The van der Waals surface area contributed by atoms with Gasteiger partial charge in [-0.1, -0.05) is 66.7 Å². The van der Waals surface area contributed by atoms with Gasteiger partial charge in [-0.25, -0.2) is 14.2 Å². The molecule has 0 aliphatic rings. The number of nitrogens with one attached hydrogen (secondary N) is 1. The third kappa shape index (κ3) is 5.05. The van der Waals surface area contributed by atoms with Crippen LogP contribution < -0.4 is 5.32 Å². The summed E-state index contributed by atoms with van der Waals surface area (Å²) >= 11 is 0. The molecule has 2 N–H and O–H groups in total. The topological polar surface area (TPSA) is 83.7 Å². The van der Waals surface area contributed by atoms with Gasteiger partial charge in [0.15, 0.2) is 0 Å². The van der Waals surface area contributed by atoms with Crippen LogP contribution >= 0.6 is 0 Å². The van der Waals surface area contributed by atoms with E-state index in [-0.39, 0.29) is 23.8 Å². The molecule has 0 saturated carbocycles. The molecule has 0 unspecified atom stereocenters. The zero-order chi connectivity index (χ0) is 27.6. The quantitative estimate of drug-likeness (QED) is 0.247. The van der Waals surface area contributed by atoms with Gasteiger partial charge in [-0.05, 0) is 63.4 Å². The van der Waals surface area contributed by atoms with Crippen molar-refractivity contribution in [2.24, 2.45) is 0 Å². The number of halogens is 1. The number of carboxylic acid groups (broad SMARTS) is 1. The molecule has 4 aromatic carbocycles. The molecule has 0 saturated heterocycles. The van der Waals surface area contributed by atoms with E-state index in [1.165, 1.54) is 24.3 Å².